The molecule has 1 rings (SSSR count). The maximum absolute atomic E-state index is 6.08. The Morgan fingerprint density at radius 3 is 1.80 bits per heavy atom. The Kier molecular flexibility index (Phi) is 5.68. The first-order chi connectivity index (χ1) is 6.95. The highest BCUT2D eigenvalue weighted by Gasteiger charge is 2.12. The van der Waals surface area contributed by atoms with Gasteiger partial charge in [-0.25, -0.2) is 0 Å². The van der Waals surface area contributed by atoms with Gasteiger partial charge >= 0.3 is 0 Å². The molecule has 0 radical (unpaired) electrons. The van der Waals surface area contributed by atoms with Crippen molar-refractivity contribution < 1.29 is 0 Å². The van der Waals surface area contributed by atoms with Crippen LogP contribution >= 0.6 is 0 Å². The quantitative estimate of drug-likeness (QED) is 0.675. The topological polar surface area (TPSA) is 35.9 Å². The Balaban J connectivity index is 0.000000583. The molecule has 0 heterocycles. The average Bonchev–Trinajstić information content (AvgIpc) is 2.18. The lowest BCUT2D eigenvalue weighted by Crippen LogP contribution is -2.10. The molecule has 0 amide bonds. The Morgan fingerprint density at radius 1 is 1.13 bits per heavy atom. The fraction of sp³-hybridized carbons (Fsp3) is 0.462. The molecule has 2 nitrogen and oxygen atoms in total. The van der Waals surface area contributed by atoms with E-state index in [9.17, 15) is 0 Å². The minimum absolute atomic E-state index is 0.256. The van der Waals surface area contributed by atoms with Crippen LogP contribution in [0.15, 0.2) is 24.3 Å². The van der Waals surface area contributed by atoms with E-state index in [4.69, 9.17) is 5.41 Å². The molecule has 0 aromatic heterocycles. The smallest absolute Gasteiger partial charge is 0.0337 e. The van der Waals surface area contributed by atoms with Crippen molar-refractivity contribution in [3.05, 3.63) is 29.8 Å². The van der Waals surface area contributed by atoms with Crippen molar-refractivity contribution in [3.8, 4) is 0 Å². The van der Waals surface area contributed by atoms with Gasteiger partial charge in [0.25, 0.3) is 0 Å². The molecular weight excluding hydrogens is 184 g/mol. The molecule has 0 aliphatic rings. The van der Waals surface area contributed by atoms with Gasteiger partial charge < -0.3 is 10.7 Å². The first kappa shape index (κ1) is 13.7. The number of rotatable bonds is 1. The number of hydrogen-bond donors (Lipinski definition) is 2. The molecule has 84 valence electrons. The minimum Gasteiger partial charge on any atom is -0.388 e. The van der Waals surface area contributed by atoms with E-state index >= 15 is 0 Å². The molecule has 0 saturated heterocycles. The molecule has 1 aromatic carbocycles. The number of benzene rings is 1. The molecule has 0 aliphatic carbocycles. The molecule has 2 N–H and O–H groups in total. The van der Waals surface area contributed by atoms with Crippen molar-refractivity contribution in [2.75, 3.05) is 12.4 Å². The van der Waals surface area contributed by atoms with Crippen LogP contribution in [-0.4, -0.2) is 13.3 Å². The molecule has 0 aliphatic heterocycles. The summed E-state index contributed by atoms with van der Waals surface area (Å²) in [6, 6.07) is 8.57. The van der Waals surface area contributed by atoms with E-state index in [1.807, 2.05) is 7.05 Å². The van der Waals surface area contributed by atoms with Crippen LogP contribution in [0.1, 0.15) is 33.3 Å². The molecule has 2 heteroatoms. The molecule has 15 heavy (non-hydrogen) atoms. The largest absolute Gasteiger partial charge is 0.388 e. The van der Waals surface area contributed by atoms with Gasteiger partial charge in [0.1, 0.15) is 0 Å². The number of hydrogen-bond acceptors (Lipinski definition) is 2. The van der Waals surface area contributed by atoms with Gasteiger partial charge in [-0.3, -0.25) is 0 Å². The SMILES string of the molecule is CC=N.CNc1ccc(C(C)(C)C)cc1. The van der Waals surface area contributed by atoms with Gasteiger partial charge in [-0.05, 0) is 36.2 Å². The van der Waals surface area contributed by atoms with E-state index in [0.717, 1.165) is 0 Å². The second-order valence-corrected chi connectivity index (χ2v) is 4.37. The lowest BCUT2D eigenvalue weighted by Gasteiger charge is -2.18. The maximum Gasteiger partial charge on any atom is 0.0337 e. The Hall–Kier alpha value is -1.31. The third kappa shape index (κ3) is 5.21. The Morgan fingerprint density at radius 2 is 1.53 bits per heavy atom. The molecule has 0 saturated carbocycles. The summed E-state index contributed by atoms with van der Waals surface area (Å²) in [6.45, 7) is 8.34. The van der Waals surface area contributed by atoms with E-state index in [2.05, 4.69) is 50.4 Å². The van der Waals surface area contributed by atoms with Crippen LogP contribution in [0, 0.1) is 5.41 Å². The summed E-state index contributed by atoms with van der Waals surface area (Å²) in [7, 11) is 1.94. The molecule has 0 unspecified atom stereocenters. The standard InChI is InChI=1S/C11H17N.C2H5N/c1-11(2,3)9-5-7-10(12-4)8-6-9;1-2-3/h5-8,12H,1-4H3;2-3H,1H3. The predicted molar refractivity (Wildman–Crippen MR) is 69.1 cm³/mol. The third-order valence-electron chi connectivity index (χ3n) is 2.04. The Bertz CT molecular complexity index is 280. The summed E-state index contributed by atoms with van der Waals surface area (Å²) in [4.78, 5) is 0. The fourth-order valence-electron chi connectivity index (χ4n) is 1.14. The molecular formula is C13H22N2. The zero-order valence-electron chi connectivity index (χ0n) is 10.4. The first-order valence-electron chi connectivity index (χ1n) is 5.19. The average molecular weight is 206 g/mol. The molecule has 0 fully saturated rings. The van der Waals surface area contributed by atoms with Gasteiger partial charge in [0.2, 0.25) is 0 Å². The van der Waals surface area contributed by atoms with Crippen molar-refractivity contribution in [1.29, 1.82) is 5.41 Å². The van der Waals surface area contributed by atoms with Crippen LogP contribution in [0.25, 0.3) is 0 Å². The van der Waals surface area contributed by atoms with Crippen LogP contribution in [0.4, 0.5) is 5.69 Å². The van der Waals surface area contributed by atoms with Gasteiger partial charge in [0.05, 0.1) is 0 Å². The second-order valence-electron chi connectivity index (χ2n) is 4.37. The van der Waals surface area contributed by atoms with E-state index in [1.54, 1.807) is 6.92 Å². The monoisotopic (exact) mass is 206 g/mol. The normalized spacial score (nSPS) is 9.93. The lowest BCUT2D eigenvalue weighted by molar-refractivity contribution is 0.590. The van der Waals surface area contributed by atoms with Gasteiger partial charge in [0.15, 0.2) is 0 Å². The van der Waals surface area contributed by atoms with Gasteiger partial charge in [0, 0.05) is 12.7 Å². The van der Waals surface area contributed by atoms with E-state index in [-0.39, 0.29) is 5.41 Å². The first-order valence-corrected chi connectivity index (χ1v) is 5.19. The zero-order valence-corrected chi connectivity index (χ0v) is 10.4. The van der Waals surface area contributed by atoms with Gasteiger partial charge in [-0.15, -0.1) is 0 Å². The van der Waals surface area contributed by atoms with Crippen LogP contribution in [0.3, 0.4) is 0 Å². The van der Waals surface area contributed by atoms with Crippen molar-refractivity contribution >= 4 is 11.9 Å². The predicted octanol–water partition coefficient (Wildman–Crippen LogP) is 3.68. The van der Waals surface area contributed by atoms with Gasteiger partial charge in [-0.2, -0.15) is 0 Å². The molecule has 0 bridgehead atoms. The highest BCUT2D eigenvalue weighted by Crippen LogP contribution is 2.23. The van der Waals surface area contributed by atoms with Crippen LogP contribution in [0.5, 0.6) is 0 Å². The maximum atomic E-state index is 6.08. The fourth-order valence-corrected chi connectivity index (χ4v) is 1.14. The number of anilines is 1. The van der Waals surface area contributed by atoms with Crippen LogP contribution in [0.2, 0.25) is 0 Å². The molecule has 0 atom stereocenters. The lowest BCUT2D eigenvalue weighted by atomic mass is 9.87. The second kappa shape index (κ2) is 6.23. The summed E-state index contributed by atoms with van der Waals surface area (Å²) in [5.74, 6) is 0. The van der Waals surface area contributed by atoms with E-state index < -0.39 is 0 Å². The van der Waals surface area contributed by atoms with Crippen molar-refractivity contribution in [1.82, 2.24) is 0 Å². The summed E-state index contributed by atoms with van der Waals surface area (Å²) in [5, 5.41) is 9.19. The Labute approximate surface area is 93.2 Å². The van der Waals surface area contributed by atoms with Crippen LogP contribution in [-0.2, 0) is 5.41 Å². The van der Waals surface area contributed by atoms with Gasteiger partial charge in [-0.1, -0.05) is 32.9 Å². The van der Waals surface area contributed by atoms with E-state index in [1.165, 1.54) is 17.5 Å². The molecule has 0 spiro atoms. The van der Waals surface area contributed by atoms with Crippen molar-refractivity contribution in [2.24, 2.45) is 0 Å². The highest BCUT2D eigenvalue weighted by atomic mass is 14.8. The summed E-state index contributed by atoms with van der Waals surface area (Å²) >= 11 is 0. The van der Waals surface area contributed by atoms with Crippen LogP contribution < -0.4 is 5.32 Å². The number of nitrogens with one attached hydrogen (secondary N) is 2. The van der Waals surface area contributed by atoms with E-state index in [0.29, 0.717) is 0 Å². The zero-order chi connectivity index (χ0) is 11.9. The molecule has 1 aromatic rings. The van der Waals surface area contributed by atoms with Crippen molar-refractivity contribution in [3.63, 3.8) is 0 Å². The van der Waals surface area contributed by atoms with Crippen molar-refractivity contribution in [2.45, 2.75) is 33.1 Å². The third-order valence-corrected chi connectivity index (χ3v) is 2.04. The summed E-state index contributed by atoms with van der Waals surface area (Å²) < 4.78 is 0. The highest BCUT2D eigenvalue weighted by molar-refractivity contribution is 5.48. The summed E-state index contributed by atoms with van der Waals surface area (Å²) in [6.07, 6.45) is 1.25. The minimum atomic E-state index is 0.256. The summed E-state index contributed by atoms with van der Waals surface area (Å²) in [5.41, 5.74) is 2.80.